The Morgan fingerprint density at radius 1 is 0.750 bits per heavy atom. The smallest absolute Gasteiger partial charge is 0.344 e. The van der Waals surface area contributed by atoms with Crippen LogP contribution in [0.15, 0.2) is 78.9 Å². The lowest BCUT2D eigenvalue weighted by Crippen LogP contribution is -2.09. The van der Waals surface area contributed by atoms with Crippen molar-refractivity contribution in [3.63, 3.8) is 0 Å². The van der Waals surface area contributed by atoms with Gasteiger partial charge in [0.25, 0.3) is 0 Å². The minimum atomic E-state index is -4.72. The SMILES string of the molecule is Cn1c(-c2ccc(-c3c4cccc(C(F)(F)F)c4nn3Cc3c(F)cc(F)cc3F)cc2)cc2cc(F)ccc21. The molecular weight excluding hydrogens is 535 g/mol. The Morgan fingerprint density at radius 2 is 1.43 bits per heavy atom. The van der Waals surface area contributed by atoms with E-state index in [2.05, 4.69) is 5.10 Å². The van der Waals surface area contributed by atoms with Crippen LogP contribution in [0, 0.1) is 23.3 Å². The van der Waals surface area contributed by atoms with Gasteiger partial charge in [0, 0.05) is 52.3 Å². The Kier molecular flexibility index (Phi) is 5.94. The van der Waals surface area contributed by atoms with Gasteiger partial charge in [-0.1, -0.05) is 36.4 Å². The average molecular weight is 553 g/mol. The maximum absolute atomic E-state index is 14.5. The van der Waals surface area contributed by atoms with E-state index in [4.69, 9.17) is 0 Å². The van der Waals surface area contributed by atoms with E-state index in [9.17, 15) is 30.7 Å². The summed E-state index contributed by atoms with van der Waals surface area (Å²) in [7, 11) is 1.83. The van der Waals surface area contributed by atoms with Gasteiger partial charge in [-0.25, -0.2) is 17.6 Å². The number of hydrogen-bond acceptors (Lipinski definition) is 1. The van der Waals surface area contributed by atoms with Crippen molar-refractivity contribution in [2.75, 3.05) is 0 Å². The van der Waals surface area contributed by atoms with Gasteiger partial charge in [0.15, 0.2) is 0 Å². The van der Waals surface area contributed by atoms with Gasteiger partial charge in [-0.2, -0.15) is 18.3 Å². The fraction of sp³-hybridized carbons (Fsp3) is 0.100. The zero-order valence-corrected chi connectivity index (χ0v) is 20.7. The topological polar surface area (TPSA) is 22.8 Å². The van der Waals surface area contributed by atoms with Crippen molar-refractivity contribution >= 4 is 21.8 Å². The molecule has 40 heavy (non-hydrogen) atoms. The van der Waals surface area contributed by atoms with Crippen LogP contribution in [0.5, 0.6) is 0 Å². The lowest BCUT2D eigenvalue weighted by atomic mass is 10.0. The van der Waals surface area contributed by atoms with Crippen molar-refractivity contribution in [2.45, 2.75) is 12.7 Å². The first-order valence-electron chi connectivity index (χ1n) is 12.1. The first-order valence-corrected chi connectivity index (χ1v) is 12.1. The molecule has 6 aromatic rings. The van der Waals surface area contributed by atoms with Gasteiger partial charge in [-0.3, -0.25) is 4.68 Å². The van der Waals surface area contributed by atoms with Gasteiger partial charge >= 0.3 is 6.18 Å². The molecule has 4 aromatic carbocycles. The van der Waals surface area contributed by atoms with Gasteiger partial charge in [-0.15, -0.1) is 0 Å². The monoisotopic (exact) mass is 553 g/mol. The van der Waals surface area contributed by atoms with E-state index in [1.165, 1.54) is 24.3 Å². The lowest BCUT2D eigenvalue weighted by Gasteiger charge is -2.11. The number of halogens is 7. The quantitative estimate of drug-likeness (QED) is 0.201. The predicted molar refractivity (Wildman–Crippen MR) is 137 cm³/mol. The molecule has 0 amide bonds. The number of aryl methyl sites for hydroxylation is 1. The largest absolute Gasteiger partial charge is 0.418 e. The summed E-state index contributed by atoms with van der Waals surface area (Å²) in [5.74, 6) is -3.84. The number of alkyl halides is 3. The molecule has 0 unspecified atom stereocenters. The Morgan fingerprint density at radius 3 is 2.10 bits per heavy atom. The summed E-state index contributed by atoms with van der Waals surface area (Å²) in [6, 6.07) is 17.7. The third-order valence-corrected chi connectivity index (χ3v) is 6.95. The molecule has 2 heterocycles. The second-order valence-corrected chi connectivity index (χ2v) is 9.42. The zero-order valence-electron chi connectivity index (χ0n) is 20.7. The molecule has 0 N–H and O–H groups in total. The van der Waals surface area contributed by atoms with E-state index >= 15 is 0 Å². The zero-order chi connectivity index (χ0) is 28.3. The van der Waals surface area contributed by atoms with Crippen LogP contribution in [0.3, 0.4) is 0 Å². The standard InChI is InChI=1S/C30H18F7N3/c1-39-26-10-9-19(31)11-18(26)12-27(39)16-5-7-17(8-6-16)29-21-3-2-4-23(30(35,36)37)28(21)38-40(29)15-22-24(33)13-20(32)14-25(22)34/h2-14H,15H2,1H3. The van der Waals surface area contributed by atoms with Crippen LogP contribution in [0.1, 0.15) is 11.1 Å². The third kappa shape index (κ3) is 4.29. The summed E-state index contributed by atoms with van der Waals surface area (Å²) in [5, 5.41) is 4.95. The highest BCUT2D eigenvalue weighted by Crippen LogP contribution is 2.39. The number of hydrogen-bond donors (Lipinski definition) is 0. The van der Waals surface area contributed by atoms with Crippen LogP contribution in [-0.4, -0.2) is 14.3 Å². The van der Waals surface area contributed by atoms with Crippen molar-refractivity contribution in [2.24, 2.45) is 7.05 Å². The summed E-state index contributed by atoms with van der Waals surface area (Å²) >= 11 is 0. The van der Waals surface area contributed by atoms with Gasteiger partial charge in [-0.05, 0) is 35.9 Å². The predicted octanol–water partition coefficient (Wildman–Crippen LogP) is 8.49. The van der Waals surface area contributed by atoms with Gasteiger partial charge < -0.3 is 4.57 Å². The van der Waals surface area contributed by atoms with E-state index in [-0.39, 0.29) is 22.4 Å². The minimum absolute atomic E-state index is 0.130. The maximum atomic E-state index is 14.5. The van der Waals surface area contributed by atoms with Crippen molar-refractivity contribution < 1.29 is 30.7 Å². The Bertz CT molecular complexity index is 1890. The summed E-state index contributed by atoms with van der Waals surface area (Å²) < 4.78 is 101. The van der Waals surface area contributed by atoms with E-state index in [0.29, 0.717) is 23.1 Å². The fourth-order valence-electron chi connectivity index (χ4n) is 5.07. The normalized spacial score (nSPS) is 12.1. The number of fused-ring (bicyclic) bond motifs is 2. The number of benzene rings is 4. The van der Waals surface area contributed by atoms with Gasteiger partial charge in [0.05, 0.1) is 17.8 Å². The molecule has 2 aromatic heterocycles. The lowest BCUT2D eigenvalue weighted by molar-refractivity contribution is -0.136. The molecule has 0 saturated carbocycles. The molecule has 0 spiro atoms. The summed E-state index contributed by atoms with van der Waals surface area (Å²) in [4.78, 5) is 0. The van der Waals surface area contributed by atoms with Crippen LogP contribution >= 0.6 is 0 Å². The molecular formula is C30H18F7N3. The first kappa shape index (κ1) is 25.7. The third-order valence-electron chi connectivity index (χ3n) is 6.95. The van der Waals surface area contributed by atoms with E-state index < -0.39 is 41.3 Å². The first-order chi connectivity index (χ1) is 19.0. The van der Waals surface area contributed by atoms with Crippen molar-refractivity contribution in [3.8, 4) is 22.5 Å². The molecule has 3 nitrogen and oxygen atoms in total. The van der Waals surface area contributed by atoms with Crippen molar-refractivity contribution in [1.29, 1.82) is 0 Å². The number of aromatic nitrogens is 3. The Labute approximate surface area is 222 Å². The minimum Gasteiger partial charge on any atom is -0.344 e. The Hall–Kier alpha value is -4.60. The molecule has 0 saturated heterocycles. The highest BCUT2D eigenvalue weighted by Gasteiger charge is 2.34. The van der Waals surface area contributed by atoms with Crippen LogP contribution in [0.25, 0.3) is 44.3 Å². The number of nitrogens with zero attached hydrogens (tertiary/aromatic N) is 3. The molecule has 0 aliphatic carbocycles. The summed E-state index contributed by atoms with van der Waals surface area (Å²) in [6.45, 7) is -0.574. The molecule has 0 fully saturated rings. The van der Waals surface area contributed by atoms with E-state index in [1.54, 1.807) is 30.3 Å². The molecule has 0 radical (unpaired) electrons. The van der Waals surface area contributed by atoms with Crippen molar-refractivity contribution in [3.05, 3.63) is 113 Å². The second kappa shape index (κ2) is 9.25. The van der Waals surface area contributed by atoms with E-state index in [0.717, 1.165) is 27.5 Å². The van der Waals surface area contributed by atoms with E-state index in [1.807, 2.05) is 17.7 Å². The molecule has 202 valence electrons. The molecule has 0 atom stereocenters. The van der Waals surface area contributed by atoms with Crippen LogP contribution in [0.2, 0.25) is 0 Å². The molecule has 0 bridgehead atoms. The molecule has 0 aliphatic rings. The number of rotatable bonds is 4. The highest BCUT2D eigenvalue weighted by molar-refractivity contribution is 5.96. The van der Waals surface area contributed by atoms with Crippen LogP contribution in [-0.2, 0) is 19.8 Å². The summed E-state index contributed by atoms with van der Waals surface area (Å²) in [6.07, 6.45) is -4.72. The fourth-order valence-corrected chi connectivity index (χ4v) is 5.07. The van der Waals surface area contributed by atoms with Crippen LogP contribution in [0.4, 0.5) is 30.7 Å². The molecule has 10 heteroatoms. The highest BCUT2D eigenvalue weighted by atomic mass is 19.4. The van der Waals surface area contributed by atoms with Crippen LogP contribution < -0.4 is 0 Å². The average Bonchev–Trinajstić information content (AvgIpc) is 3.42. The second-order valence-electron chi connectivity index (χ2n) is 9.42. The van der Waals surface area contributed by atoms with Gasteiger partial charge in [0.1, 0.15) is 28.8 Å². The molecule has 0 aliphatic heterocycles. The Balaban J connectivity index is 1.51. The maximum Gasteiger partial charge on any atom is 0.418 e. The van der Waals surface area contributed by atoms with Gasteiger partial charge in [0.2, 0.25) is 0 Å². The molecule has 6 rings (SSSR count). The van der Waals surface area contributed by atoms with Crippen molar-refractivity contribution in [1.82, 2.24) is 14.3 Å². The summed E-state index contributed by atoms with van der Waals surface area (Å²) in [5.41, 5.74) is 1.08.